The monoisotopic (exact) mass is 419 g/mol. The van der Waals surface area contributed by atoms with E-state index < -0.39 is 8.07 Å². The Morgan fingerprint density at radius 1 is 1.12 bits per heavy atom. The van der Waals surface area contributed by atoms with E-state index in [2.05, 4.69) is 45.5 Å². The summed E-state index contributed by atoms with van der Waals surface area (Å²) in [5.41, 5.74) is 1.56. The average Bonchev–Trinajstić information content (AvgIpc) is 2.90. The normalized spacial score (nSPS) is 11.8. The maximum atomic E-state index is 5.97. The van der Waals surface area contributed by atoms with Gasteiger partial charge in [-0.15, -0.1) is 0 Å². The predicted octanol–water partition coefficient (Wildman–Crippen LogP) is 5.30. The summed E-state index contributed by atoms with van der Waals surface area (Å²) in [5, 5.41) is 0. The lowest BCUT2D eigenvalue weighted by Gasteiger charge is -2.16. The molecule has 0 atom stereocenters. The summed E-state index contributed by atoms with van der Waals surface area (Å²) in [4.78, 5) is 8.98. The van der Waals surface area contributed by atoms with Crippen LogP contribution in [0.3, 0.4) is 0 Å². The van der Waals surface area contributed by atoms with Gasteiger partial charge in [0.05, 0.1) is 0 Å². The van der Waals surface area contributed by atoms with Crippen molar-refractivity contribution in [2.24, 2.45) is 0 Å². The van der Waals surface area contributed by atoms with Gasteiger partial charge in [0.1, 0.15) is 18.0 Å². The molecular formula is C18H22BrN3O2Si. The van der Waals surface area contributed by atoms with Crippen molar-refractivity contribution in [2.75, 3.05) is 6.61 Å². The van der Waals surface area contributed by atoms with E-state index in [-0.39, 0.29) is 0 Å². The first kappa shape index (κ1) is 18.1. The Hall–Kier alpha value is -1.70. The number of hydrogen-bond donors (Lipinski definition) is 0. The SMILES string of the molecule is C[Si](C)(C)CCOCn1c(Oc2ccc(Br)cc2)nc2cccnc21. The van der Waals surface area contributed by atoms with Gasteiger partial charge in [-0.25, -0.2) is 4.98 Å². The molecule has 3 rings (SSSR count). The highest BCUT2D eigenvalue weighted by molar-refractivity contribution is 9.10. The molecule has 0 radical (unpaired) electrons. The Bertz CT molecular complexity index is 844. The third-order valence-corrected chi connectivity index (χ3v) is 5.94. The Morgan fingerprint density at radius 2 is 1.88 bits per heavy atom. The molecule has 3 aromatic rings. The topological polar surface area (TPSA) is 49.2 Å². The van der Waals surface area contributed by atoms with Crippen molar-refractivity contribution in [3.63, 3.8) is 0 Å². The van der Waals surface area contributed by atoms with Gasteiger partial charge < -0.3 is 9.47 Å². The largest absolute Gasteiger partial charge is 0.425 e. The molecule has 0 bridgehead atoms. The Kier molecular flexibility index (Phi) is 5.56. The zero-order valence-corrected chi connectivity index (χ0v) is 17.3. The van der Waals surface area contributed by atoms with Crippen LogP contribution in [0.4, 0.5) is 0 Å². The summed E-state index contributed by atoms with van der Waals surface area (Å²) in [7, 11) is -1.11. The number of ether oxygens (including phenoxy) is 2. The van der Waals surface area contributed by atoms with Gasteiger partial charge in [0, 0.05) is 25.4 Å². The van der Waals surface area contributed by atoms with Crippen molar-refractivity contribution in [3.8, 4) is 11.8 Å². The van der Waals surface area contributed by atoms with E-state index in [0.717, 1.165) is 34.0 Å². The first-order valence-corrected chi connectivity index (χ1v) is 12.7. The summed E-state index contributed by atoms with van der Waals surface area (Å²) >= 11 is 3.43. The van der Waals surface area contributed by atoms with Crippen molar-refractivity contribution < 1.29 is 9.47 Å². The fourth-order valence-electron chi connectivity index (χ4n) is 2.27. The lowest BCUT2D eigenvalue weighted by Crippen LogP contribution is -2.22. The van der Waals surface area contributed by atoms with E-state index in [0.29, 0.717) is 12.7 Å². The number of aromatic nitrogens is 3. The molecule has 0 aliphatic heterocycles. The van der Waals surface area contributed by atoms with E-state index in [9.17, 15) is 0 Å². The molecule has 0 fully saturated rings. The molecular weight excluding hydrogens is 398 g/mol. The first-order valence-electron chi connectivity index (χ1n) is 8.25. The maximum Gasteiger partial charge on any atom is 0.306 e. The number of hydrogen-bond acceptors (Lipinski definition) is 4. The molecule has 0 N–H and O–H groups in total. The minimum atomic E-state index is -1.11. The molecule has 1 aromatic carbocycles. The Balaban J connectivity index is 1.80. The minimum Gasteiger partial charge on any atom is -0.425 e. The van der Waals surface area contributed by atoms with E-state index in [4.69, 9.17) is 9.47 Å². The van der Waals surface area contributed by atoms with Crippen LogP contribution in [0.25, 0.3) is 11.2 Å². The Labute approximate surface area is 157 Å². The molecule has 0 spiro atoms. The van der Waals surface area contributed by atoms with E-state index in [1.54, 1.807) is 6.20 Å². The van der Waals surface area contributed by atoms with E-state index >= 15 is 0 Å². The summed E-state index contributed by atoms with van der Waals surface area (Å²) < 4.78 is 14.7. The third-order valence-electron chi connectivity index (χ3n) is 3.71. The fraction of sp³-hybridized carbons (Fsp3) is 0.333. The van der Waals surface area contributed by atoms with Crippen molar-refractivity contribution in [1.29, 1.82) is 0 Å². The van der Waals surface area contributed by atoms with Crippen molar-refractivity contribution in [2.45, 2.75) is 32.4 Å². The number of fused-ring (bicyclic) bond motifs is 1. The molecule has 0 saturated heterocycles. The molecule has 7 heteroatoms. The second-order valence-corrected chi connectivity index (χ2v) is 13.6. The molecule has 0 aliphatic rings. The highest BCUT2D eigenvalue weighted by Gasteiger charge is 2.15. The maximum absolute atomic E-state index is 5.97. The molecule has 132 valence electrons. The van der Waals surface area contributed by atoms with Crippen molar-refractivity contribution in [1.82, 2.24) is 14.5 Å². The van der Waals surface area contributed by atoms with Gasteiger partial charge in [0.25, 0.3) is 0 Å². The number of imidazole rings is 1. The molecule has 0 saturated carbocycles. The van der Waals surface area contributed by atoms with Gasteiger partial charge in [-0.1, -0.05) is 35.6 Å². The standard InChI is InChI=1S/C18H22BrN3O2Si/c1-25(2,3)12-11-23-13-22-17-16(5-4-10-20-17)21-18(22)24-15-8-6-14(19)7-9-15/h4-10H,11-13H2,1-3H3. The molecule has 25 heavy (non-hydrogen) atoms. The quantitative estimate of drug-likeness (QED) is 0.385. The van der Waals surface area contributed by atoms with Crippen LogP contribution in [0.2, 0.25) is 25.7 Å². The highest BCUT2D eigenvalue weighted by atomic mass is 79.9. The number of nitrogens with zero attached hydrogens (tertiary/aromatic N) is 3. The number of pyridine rings is 1. The lowest BCUT2D eigenvalue weighted by atomic mass is 10.3. The highest BCUT2D eigenvalue weighted by Crippen LogP contribution is 2.26. The van der Waals surface area contributed by atoms with Gasteiger partial charge in [0.2, 0.25) is 0 Å². The van der Waals surface area contributed by atoms with Gasteiger partial charge in [-0.3, -0.25) is 4.57 Å². The molecule has 0 unspecified atom stereocenters. The molecule has 5 nitrogen and oxygen atoms in total. The lowest BCUT2D eigenvalue weighted by molar-refractivity contribution is 0.0846. The van der Waals surface area contributed by atoms with Crippen LogP contribution in [-0.4, -0.2) is 29.2 Å². The zero-order valence-electron chi connectivity index (χ0n) is 14.7. The van der Waals surface area contributed by atoms with Crippen LogP contribution in [-0.2, 0) is 11.5 Å². The smallest absolute Gasteiger partial charge is 0.306 e. The van der Waals surface area contributed by atoms with E-state index in [1.165, 1.54) is 0 Å². The van der Waals surface area contributed by atoms with Gasteiger partial charge in [0.15, 0.2) is 5.65 Å². The van der Waals surface area contributed by atoms with Crippen LogP contribution in [0.15, 0.2) is 47.1 Å². The second kappa shape index (κ2) is 7.68. The first-order chi connectivity index (χ1) is 11.9. The number of halogens is 1. The van der Waals surface area contributed by atoms with Gasteiger partial charge in [-0.05, 0) is 42.4 Å². The summed E-state index contributed by atoms with van der Waals surface area (Å²) in [6.45, 7) is 8.13. The zero-order chi connectivity index (χ0) is 17.9. The van der Waals surface area contributed by atoms with Crippen molar-refractivity contribution in [3.05, 3.63) is 47.1 Å². The van der Waals surface area contributed by atoms with Gasteiger partial charge >= 0.3 is 6.01 Å². The van der Waals surface area contributed by atoms with Crippen LogP contribution in [0.1, 0.15) is 0 Å². The van der Waals surface area contributed by atoms with Gasteiger partial charge in [-0.2, -0.15) is 4.98 Å². The summed E-state index contributed by atoms with van der Waals surface area (Å²) in [5.74, 6) is 0.724. The predicted molar refractivity (Wildman–Crippen MR) is 106 cm³/mol. The van der Waals surface area contributed by atoms with Crippen LogP contribution < -0.4 is 4.74 Å². The average molecular weight is 420 g/mol. The molecule has 2 heterocycles. The minimum absolute atomic E-state index is 0.379. The molecule has 2 aromatic heterocycles. The second-order valence-electron chi connectivity index (χ2n) is 7.07. The number of rotatable bonds is 7. The third kappa shape index (κ3) is 4.90. The van der Waals surface area contributed by atoms with Crippen LogP contribution in [0.5, 0.6) is 11.8 Å². The number of benzene rings is 1. The summed E-state index contributed by atoms with van der Waals surface area (Å²) in [6, 6.07) is 13.1. The molecule has 0 aliphatic carbocycles. The fourth-order valence-corrected chi connectivity index (χ4v) is 3.30. The Morgan fingerprint density at radius 3 is 2.60 bits per heavy atom. The van der Waals surface area contributed by atoms with Crippen LogP contribution >= 0.6 is 15.9 Å². The van der Waals surface area contributed by atoms with E-state index in [1.807, 2.05) is 41.0 Å². The summed E-state index contributed by atoms with van der Waals surface area (Å²) in [6.07, 6.45) is 1.76. The van der Waals surface area contributed by atoms with Crippen LogP contribution in [0, 0.1) is 0 Å². The molecule has 0 amide bonds. The van der Waals surface area contributed by atoms with Crippen molar-refractivity contribution >= 4 is 35.2 Å².